The van der Waals surface area contributed by atoms with Crippen LogP contribution in [0.15, 0.2) is 35.4 Å². The fourth-order valence-corrected chi connectivity index (χ4v) is 1.07. The van der Waals surface area contributed by atoms with E-state index in [0.29, 0.717) is 13.1 Å². The predicted molar refractivity (Wildman–Crippen MR) is 49.1 cm³/mol. The first-order valence-corrected chi connectivity index (χ1v) is 4.30. The topological polar surface area (TPSA) is 63.8 Å². The van der Waals surface area contributed by atoms with Crippen LogP contribution < -0.4 is 5.32 Å². The van der Waals surface area contributed by atoms with E-state index in [1.165, 1.54) is 6.33 Å². The molecule has 0 aliphatic heterocycles. The van der Waals surface area contributed by atoms with Crippen molar-refractivity contribution >= 4 is 0 Å². The van der Waals surface area contributed by atoms with Crippen LogP contribution in [0.4, 0.5) is 0 Å². The van der Waals surface area contributed by atoms with Crippen LogP contribution in [0, 0.1) is 0 Å². The zero-order valence-corrected chi connectivity index (χ0v) is 7.55. The summed E-state index contributed by atoms with van der Waals surface area (Å²) in [6, 6.07) is 3.70. The smallest absolute Gasteiger partial charge is 0.124 e. The lowest BCUT2D eigenvalue weighted by Crippen LogP contribution is -2.13. The second kappa shape index (κ2) is 4.48. The Morgan fingerprint density at radius 1 is 1.21 bits per heavy atom. The van der Waals surface area contributed by atoms with Crippen molar-refractivity contribution in [2.24, 2.45) is 0 Å². The summed E-state index contributed by atoms with van der Waals surface area (Å²) in [7, 11) is 0. The summed E-state index contributed by atoms with van der Waals surface area (Å²) in [5.41, 5.74) is 1.85. The molecule has 1 N–H and O–H groups in total. The summed E-state index contributed by atoms with van der Waals surface area (Å²) in [5, 5.41) is 6.97. The van der Waals surface area contributed by atoms with Crippen LogP contribution in [-0.4, -0.2) is 15.1 Å². The number of nitrogens with zero attached hydrogens (tertiary/aromatic N) is 3. The molecule has 0 atom stereocenters. The largest absolute Gasteiger partial charge is 0.364 e. The third-order valence-corrected chi connectivity index (χ3v) is 1.75. The molecule has 0 fully saturated rings. The van der Waals surface area contributed by atoms with Crippen molar-refractivity contribution in [3.05, 3.63) is 42.3 Å². The maximum atomic E-state index is 4.70. The minimum atomic E-state index is 0.681. The molecule has 2 heterocycles. The molecular weight excluding hydrogens is 180 g/mol. The number of nitrogens with one attached hydrogen (secondary N) is 1. The Labute approximate surface area is 81.2 Å². The molecule has 0 aliphatic carbocycles. The molecule has 2 aromatic rings. The monoisotopic (exact) mass is 190 g/mol. The van der Waals surface area contributed by atoms with E-state index < -0.39 is 0 Å². The molecule has 0 saturated carbocycles. The highest BCUT2D eigenvalue weighted by Gasteiger charge is 1.96. The third kappa shape index (κ3) is 2.37. The first-order valence-electron chi connectivity index (χ1n) is 4.30. The molecule has 0 saturated heterocycles. The summed E-state index contributed by atoms with van der Waals surface area (Å²) >= 11 is 0. The van der Waals surface area contributed by atoms with Gasteiger partial charge in [-0.25, -0.2) is 9.97 Å². The maximum absolute atomic E-state index is 4.70. The van der Waals surface area contributed by atoms with E-state index in [2.05, 4.69) is 20.4 Å². The Hall–Kier alpha value is -1.75. The minimum absolute atomic E-state index is 0.681. The van der Waals surface area contributed by atoms with Gasteiger partial charge in [-0.05, 0) is 6.07 Å². The van der Waals surface area contributed by atoms with Gasteiger partial charge in [-0.1, -0.05) is 5.16 Å². The number of hydrogen-bond donors (Lipinski definition) is 1. The quantitative estimate of drug-likeness (QED) is 0.770. The highest BCUT2D eigenvalue weighted by Crippen LogP contribution is 1.95. The Morgan fingerprint density at radius 2 is 2.14 bits per heavy atom. The maximum Gasteiger partial charge on any atom is 0.124 e. The van der Waals surface area contributed by atoms with Gasteiger partial charge in [0.15, 0.2) is 0 Å². The van der Waals surface area contributed by atoms with Crippen molar-refractivity contribution in [3.63, 3.8) is 0 Å². The van der Waals surface area contributed by atoms with Crippen LogP contribution >= 0.6 is 0 Å². The summed E-state index contributed by atoms with van der Waals surface area (Å²) in [6.45, 7) is 1.38. The molecule has 0 aliphatic rings. The fourth-order valence-electron chi connectivity index (χ4n) is 1.07. The molecule has 14 heavy (non-hydrogen) atoms. The summed E-state index contributed by atoms with van der Waals surface area (Å²) in [6.07, 6.45) is 4.81. The van der Waals surface area contributed by atoms with Crippen molar-refractivity contribution in [2.75, 3.05) is 0 Å². The highest BCUT2D eigenvalue weighted by molar-refractivity contribution is 4.99. The van der Waals surface area contributed by atoms with E-state index in [9.17, 15) is 0 Å². The SMILES string of the molecule is c1cc(CNCc2ccon2)ncn1. The van der Waals surface area contributed by atoms with E-state index >= 15 is 0 Å². The molecule has 0 bridgehead atoms. The van der Waals surface area contributed by atoms with Gasteiger partial charge in [0.1, 0.15) is 12.6 Å². The minimum Gasteiger partial charge on any atom is -0.364 e. The van der Waals surface area contributed by atoms with Gasteiger partial charge in [-0.15, -0.1) is 0 Å². The molecule has 5 nitrogen and oxygen atoms in total. The lowest BCUT2D eigenvalue weighted by molar-refractivity contribution is 0.408. The van der Waals surface area contributed by atoms with Crippen molar-refractivity contribution < 1.29 is 4.52 Å². The van der Waals surface area contributed by atoms with Gasteiger partial charge < -0.3 is 9.84 Å². The second-order valence-electron chi connectivity index (χ2n) is 2.80. The van der Waals surface area contributed by atoms with Gasteiger partial charge >= 0.3 is 0 Å². The van der Waals surface area contributed by atoms with Crippen LogP contribution in [0.2, 0.25) is 0 Å². The zero-order chi connectivity index (χ0) is 9.64. The highest BCUT2D eigenvalue weighted by atomic mass is 16.5. The van der Waals surface area contributed by atoms with Gasteiger partial charge in [0.05, 0.1) is 11.4 Å². The van der Waals surface area contributed by atoms with E-state index in [1.54, 1.807) is 12.5 Å². The van der Waals surface area contributed by atoms with Crippen LogP contribution in [0.1, 0.15) is 11.4 Å². The molecule has 0 radical (unpaired) electrons. The molecule has 72 valence electrons. The van der Waals surface area contributed by atoms with E-state index in [0.717, 1.165) is 11.4 Å². The Morgan fingerprint density at radius 3 is 2.86 bits per heavy atom. The Bertz CT molecular complexity index is 360. The average Bonchev–Trinajstić information content (AvgIpc) is 2.72. The number of rotatable bonds is 4. The molecule has 2 rings (SSSR count). The number of aromatic nitrogens is 3. The molecule has 0 amide bonds. The molecular formula is C9H10N4O. The molecule has 5 heteroatoms. The average molecular weight is 190 g/mol. The molecule has 0 spiro atoms. The van der Waals surface area contributed by atoms with Crippen molar-refractivity contribution in [3.8, 4) is 0 Å². The van der Waals surface area contributed by atoms with E-state index in [4.69, 9.17) is 4.52 Å². The third-order valence-electron chi connectivity index (χ3n) is 1.75. The summed E-state index contributed by atoms with van der Waals surface area (Å²) in [4.78, 5) is 7.92. The molecule has 0 aromatic carbocycles. The summed E-state index contributed by atoms with van der Waals surface area (Å²) in [5.74, 6) is 0. The van der Waals surface area contributed by atoms with Gasteiger partial charge in [-0.3, -0.25) is 0 Å². The van der Waals surface area contributed by atoms with Crippen LogP contribution in [0.5, 0.6) is 0 Å². The zero-order valence-electron chi connectivity index (χ0n) is 7.55. The van der Waals surface area contributed by atoms with E-state index in [-0.39, 0.29) is 0 Å². The number of hydrogen-bond acceptors (Lipinski definition) is 5. The van der Waals surface area contributed by atoms with E-state index in [1.807, 2.05) is 12.1 Å². The lowest BCUT2D eigenvalue weighted by atomic mass is 10.4. The standard InChI is InChI=1S/C9H10N4O/c1-3-10-7-12-8(1)5-11-6-9-2-4-14-13-9/h1-4,7,11H,5-6H2. The second-order valence-corrected chi connectivity index (χ2v) is 2.80. The van der Waals surface area contributed by atoms with Crippen molar-refractivity contribution in [1.82, 2.24) is 20.4 Å². The molecule has 0 unspecified atom stereocenters. The lowest BCUT2D eigenvalue weighted by Gasteiger charge is -2.00. The Kier molecular flexibility index (Phi) is 2.82. The first kappa shape index (κ1) is 8.83. The van der Waals surface area contributed by atoms with Crippen LogP contribution in [0.3, 0.4) is 0 Å². The van der Waals surface area contributed by atoms with Crippen molar-refractivity contribution in [1.29, 1.82) is 0 Å². The van der Waals surface area contributed by atoms with Gasteiger partial charge in [0.2, 0.25) is 0 Å². The van der Waals surface area contributed by atoms with Gasteiger partial charge in [0, 0.05) is 25.4 Å². The van der Waals surface area contributed by atoms with Crippen LogP contribution in [-0.2, 0) is 13.1 Å². The first-order chi connectivity index (χ1) is 6.95. The van der Waals surface area contributed by atoms with Gasteiger partial charge in [-0.2, -0.15) is 0 Å². The normalized spacial score (nSPS) is 10.3. The van der Waals surface area contributed by atoms with Gasteiger partial charge in [0.25, 0.3) is 0 Å². The fraction of sp³-hybridized carbons (Fsp3) is 0.222. The summed E-state index contributed by atoms with van der Waals surface area (Å²) < 4.78 is 4.70. The molecule has 2 aromatic heterocycles. The Balaban J connectivity index is 1.79. The van der Waals surface area contributed by atoms with Crippen molar-refractivity contribution in [2.45, 2.75) is 13.1 Å². The predicted octanol–water partition coefficient (Wildman–Crippen LogP) is 0.754. The van der Waals surface area contributed by atoms with Crippen LogP contribution in [0.25, 0.3) is 0 Å².